The van der Waals surface area contributed by atoms with Crippen LogP contribution in [0.2, 0.25) is 5.02 Å². The van der Waals surface area contributed by atoms with Gasteiger partial charge in [-0.25, -0.2) is 0 Å². The van der Waals surface area contributed by atoms with E-state index in [-0.39, 0.29) is 5.92 Å². The van der Waals surface area contributed by atoms with Crippen LogP contribution < -0.4 is 0 Å². The van der Waals surface area contributed by atoms with Crippen LogP contribution in [0.25, 0.3) is 0 Å². The SMILES string of the molecule is O=C(Cl)c1cccc(C2C=CC=CC2=S)c1Cl. The minimum atomic E-state index is -0.557. The Balaban J connectivity index is 2.50. The fourth-order valence-electron chi connectivity index (χ4n) is 1.72. The van der Waals surface area contributed by atoms with E-state index in [2.05, 4.69) is 0 Å². The van der Waals surface area contributed by atoms with Gasteiger partial charge < -0.3 is 0 Å². The van der Waals surface area contributed by atoms with Crippen molar-refractivity contribution in [3.8, 4) is 0 Å². The van der Waals surface area contributed by atoms with Crippen molar-refractivity contribution < 1.29 is 4.79 Å². The molecular weight excluding hydrogens is 275 g/mol. The summed E-state index contributed by atoms with van der Waals surface area (Å²) in [6.07, 6.45) is 7.59. The maximum atomic E-state index is 11.2. The highest BCUT2D eigenvalue weighted by atomic mass is 35.5. The summed E-state index contributed by atoms with van der Waals surface area (Å²) in [5.74, 6) is -0.0709. The number of allylic oxidation sites excluding steroid dienone is 4. The van der Waals surface area contributed by atoms with Crippen LogP contribution in [0.4, 0.5) is 0 Å². The number of hydrogen-bond acceptors (Lipinski definition) is 2. The average Bonchev–Trinajstić information content (AvgIpc) is 2.30. The first-order chi connectivity index (χ1) is 8.11. The van der Waals surface area contributed by atoms with E-state index >= 15 is 0 Å². The quantitative estimate of drug-likeness (QED) is 0.594. The molecule has 1 nitrogen and oxygen atoms in total. The molecule has 0 heterocycles. The van der Waals surface area contributed by atoms with Crippen molar-refractivity contribution in [3.63, 3.8) is 0 Å². The second-order valence-corrected chi connectivity index (χ2v) is 4.80. The maximum absolute atomic E-state index is 11.2. The molecule has 0 aliphatic heterocycles. The molecule has 1 unspecified atom stereocenters. The van der Waals surface area contributed by atoms with E-state index in [1.807, 2.05) is 30.4 Å². The Morgan fingerprint density at radius 1 is 1.29 bits per heavy atom. The van der Waals surface area contributed by atoms with E-state index in [1.54, 1.807) is 12.1 Å². The van der Waals surface area contributed by atoms with E-state index in [0.717, 1.165) is 10.4 Å². The Labute approximate surface area is 115 Å². The number of carbonyl (C=O) groups excluding carboxylic acids is 1. The molecule has 17 heavy (non-hydrogen) atoms. The van der Waals surface area contributed by atoms with Gasteiger partial charge in [-0.05, 0) is 29.3 Å². The second kappa shape index (κ2) is 5.13. The molecular formula is C13H8Cl2OS. The predicted octanol–water partition coefficient (Wildman–Crippen LogP) is 4.30. The molecule has 1 aromatic carbocycles. The van der Waals surface area contributed by atoms with Crippen LogP contribution in [0.1, 0.15) is 21.8 Å². The van der Waals surface area contributed by atoms with Crippen LogP contribution in [-0.4, -0.2) is 10.1 Å². The minimum absolute atomic E-state index is 0.0709. The van der Waals surface area contributed by atoms with Crippen LogP contribution in [0.15, 0.2) is 42.5 Å². The van der Waals surface area contributed by atoms with Gasteiger partial charge in [0.15, 0.2) is 0 Å². The Morgan fingerprint density at radius 3 is 2.71 bits per heavy atom. The fraction of sp³-hybridized carbons (Fsp3) is 0.0769. The molecule has 0 aromatic heterocycles. The summed E-state index contributed by atoms with van der Waals surface area (Å²) >= 11 is 16.9. The van der Waals surface area contributed by atoms with Gasteiger partial charge in [0.1, 0.15) is 0 Å². The summed E-state index contributed by atoms with van der Waals surface area (Å²) in [7, 11) is 0. The van der Waals surface area contributed by atoms with Gasteiger partial charge in [-0.15, -0.1) is 0 Å². The Hall–Kier alpha value is -0.960. The number of carbonyl (C=O) groups is 1. The van der Waals surface area contributed by atoms with E-state index in [0.29, 0.717) is 10.6 Å². The molecule has 0 spiro atoms. The fourth-order valence-corrected chi connectivity index (χ4v) is 2.54. The zero-order chi connectivity index (χ0) is 12.4. The molecule has 2 rings (SSSR count). The van der Waals surface area contributed by atoms with E-state index in [1.165, 1.54) is 0 Å². The van der Waals surface area contributed by atoms with E-state index in [9.17, 15) is 4.79 Å². The lowest BCUT2D eigenvalue weighted by molar-refractivity contribution is 0.108. The third kappa shape index (κ3) is 2.49. The van der Waals surface area contributed by atoms with Crippen LogP contribution in [0.5, 0.6) is 0 Å². The van der Waals surface area contributed by atoms with Crippen LogP contribution in [0.3, 0.4) is 0 Å². The van der Waals surface area contributed by atoms with Gasteiger partial charge in [0.2, 0.25) is 0 Å². The summed E-state index contributed by atoms with van der Waals surface area (Å²) in [4.78, 5) is 12.0. The highest BCUT2D eigenvalue weighted by Gasteiger charge is 2.20. The summed E-state index contributed by atoms with van der Waals surface area (Å²) < 4.78 is 0. The Bertz CT molecular complexity index is 546. The Morgan fingerprint density at radius 2 is 2.06 bits per heavy atom. The molecule has 0 N–H and O–H groups in total. The van der Waals surface area contributed by atoms with Crippen LogP contribution in [-0.2, 0) is 0 Å². The second-order valence-electron chi connectivity index (χ2n) is 3.61. The zero-order valence-corrected chi connectivity index (χ0v) is 11.0. The molecule has 1 aliphatic rings. The minimum Gasteiger partial charge on any atom is -0.276 e. The summed E-state index contributed by atoms with van der Waals surface area (Å²) in [5, 5.41) is -0.183. The lowest BCUT2D eigenvalue weighted by Crippen LogP contribution is -2.09. The molecule has 4 heteroatoms. The topological polar surface area (TPSA) is 17.1 Å². The lowest BCUT2D eigenvalue weighted by Gasteiger charge is -2.17. The van der Waals surface area contributed by atoms with Crippen molar-refractivity contribution in [2.24, 2.45) is 0 Å². The molecule has 0 saturated carbocycles. The molecule has 0 fully saturated rings. The first-order valence-corrected chi connectivity index (χ1v) is 6.14. The summed E-state index contributed by atoms with van der Waals surface area (Å²) in [5.41, 5.74) is 1.13. The Kier molecular flexibility index (Phi) is 3.77. The first kappa shape index (κ1) is 12.5. The number of hydrogen-bond donors (Lipinski definition) is 0. The maximum Gasteiger partial charge on any atom is 0.253 e. The highest BCUT2D eigenvalue weighted by molar-refractivity contribution is 7.80. The molecule has 86 valence electrons. The van der Waals surface area contributed by atoms with Crippen molar-refractivity contribution >= 4 is 45.5 Å². The molecule has 1 aliphatic carbocycles. The van der Waals surface area contributed by atoms with Gasteiger partial charge in [0, 0.05) is 10.8 Å². The smallest absolute Gasteiger partial charge is 0.253 e. The molecule has 0 amide bonds. The number of benzene rings is 1. The van der Waals surface area contributed by atoms with Crippen LogP contribution in [0, 0.1) is 0 Å². The number of halogens is 2. The van der Waals surface area contributed by atoms with Crippen LogP contribution >= 0.6 is 35.4 Å². The van der Waals surface area contributed by atoms with Crippen molar-refractivity contribution in [1.29, 1.82) is 0 Å². The lowest BCUT2D eigenvalue weighted by atomic mass is 9.91. The third-order valence-corrected chi connectivity index (χ3v) is 3.57. The third-order valence-electron chi connectivity index (χ3n) is 2.56. The van der Waals surface area contributed by atoms with Gasteiger partial charge >= 0.3 is 0 Å². The predicted molar refractivity (Wildman–Crippen MR) is 75.3 cm³/mol. The van der Waals surface area contributed by atoms with Gasteiger partial charge in [0.05, 0.1) is 10.6 Å². The van der Waals surface area contributed by atoms with Crippen molar-refractivity contribution in [2.45, 2.75) is 5.92 Å². The number of rotatable bonds is 2. The molecule has 1 atom stereocenters. The molecule has 0 saturated heterocycles. The normalized spacial score (nSPS) is 18.5. The van der Waals surface area contributed by atoms with Gasteiger partial charge in [-0.3, -0.25) is 4.79 Å². The monoisotopic (exact) mass is 282 g/mol. The number of thiocarbonyl (C=S) groups is 1. The first-order valence-electron chi connectivity index (χ1n) is 4.98. The summed E-state index contributed by atoms with van der Waals surface area (Å²) in [6.45, 7) is 0. The van der Waals surface area contributed by atoms with E-state index in [4.69, 9.17) is 35.4 Å². The van der Waals surface area contributed by atoms with Gasteiger partial charge in [0.25, 0.3) is 5.24 Å². The van der Waals surface area contributed by atoms with E-state index < -0.39 is 5.24 Å². The molecule has 0 radical (unpaired) electrons. The van der Waals surface area contributed by atoms with Crippen molar-refractivity contribution in [2.75, 3.05) is 0 Å². The van der Waals surface area contributed by atoms with Gasteiger partial charge in [-0.2, -0.15) is 0 Å². The van der Waals surface area contributed by atoms with Gasteiger partial charge in [-0.1, -0.05) is 54.2 Å². The summed E-state index contributed by atoms with van der Waals surface area (Å²) in [6, 6.07) is 5.21. The molecule has 0 bridgehead atoms. The standard InChI is InChI=1S/C13H8Cl2OS/c14-12-9(5-3-6-10(12)13(15)16)8-4-1-2-7-11(8)17/h1-8H. The largest absolute Gasteiger partial charge is 0.276 e. The molecule has 1 aromatic rings. The van der Waals surface area contributed by atoms with Crippen molar-refractivity contribution in [3.05, 3.63) is 58.7 Å². The highest BCUT2D eigenvalue weighted by Crippen LogP contribution is 2.32. The average molecular weight is 283 g/mol. The van der Waals surface area contributed by atoms with Crippen molar-refractivity contribution in [1.82, 2.24) is 0 Å². The zero-order valence-electron chi connectivity index (χ0n) is 8.69.